The molecule has 138 valence electrons. The monoisotopic (exact) mass is 425 g/mol. The predicted molar refractivity (Wildman–Crippen MR) is 106 cm³/mol. The first-order valence-corrected chi connectivity index (χ1v) is 9.85. The summed E-state index contributed by atoms with van der Waals surface area (Å²) in [5, 5.41) is 4.14. The molecule has 5 nitrogen and oxygen atoms in total. The average molecular weight is 426 g/mol. The highest BCUT2D eigenvalue weighted by atomic mass is 79.9. The quantitative estimate of drug-likeness (QED) is 0.602. The van der Waals surface area contributed by atoms with E-state index in [1.165, 1.54) is 5.56 Å². The second-order valence-corrected chi connectivity index (χ2v) is 7.75. The zero-order chi connectivity index (χ0) is 18.8. The molecule has 0 bridgehead atoms. The van der Waals surface area contributed by atoms with Crippen molar-refractivity contribution in [1.82, 2.24) is 15.0 Å². The van der Waals surface area contributed by atoms with Gasteiger partial charge in [-0.05, 0) is 47.8 Å². The van der Waals surface area contributed by atoms with Gasteiger partial charge in [-0.25, -0.2) is 0 Å². The minimum Gasteiger partial charge on any atom is -0.339 e. The van der Waals surface area contributed by atoms with Crippen molar-refractivity contribution in [2.75, 3.05) is 13.1 Å². The summed E-state index contributed by atoms with van der Waals surface area (Å²) in [5.74, 6) is 1.30. The lowest BCUT2D eigenvalue weighted by Gasteiger charge is -2.31. The Kier molecular flexibility index (Phi) is 5.07. The number of amides is 1. The Labute approximate surface area is 166 Å². The third-order valence-electron chi connectivity index (χ3n) is 4.91. The Bertz CT molecular complexity index is 952. The zero-order valence-corrected chi connectivity index (χ0v) is 16.6. The van der Waals surface area contributed by atoms with Crippen molar-refractivity contribution in [1.29, 1.82) is 0 Å². The van der Waals surface area contributed by atoms with Gasteiger partial charge in [-0.3, -0.25) is 4.79 Å². The molecule has 1 saturated heterocycles. The van der Waals surface area contributed by atoms with Crippen LogP contribution in [-0.2, 0) is 0 Å². The molecule has 0 aliphatic carbocycles. The number of likely N-dealkylation sites (tertiary alicyclic amines) is 1. The Morgan fingerprint density at radius 3 is 2.74 bits per heavy atom. The number of rotatable bonds is 3. The standard InChI is InChI=1S/C21H20BrN3O2/c1-14-8-10-15(11-9-14)19-23-20(27-24-19)16-5-4-12-25(13-16)21(26)17-6-2-3-7-18(17)22/h2-3,6-11,16H,4-5,12-13H2,1H3/t16-/m1/s1. The normalized spacial score (nSPS) is 17.1. The topological polar surface area (TPSA) is 59.2 Å². The number of halogens is 1. The molecule has 1 fully saturated rings. The highest BCUT2D eigenvalue weighted by Gasteiger charge is 2.29. The van der Waals surface area contributed by atoms with Crippen LogP contribution in [0.25, 0.3) is 11.4 Å². The van der Waals surface area contributed by atoms with Gasteiger partial charge in [0.05, 0.1) is 11.5 Å². The number of hydrogen-bond acceptors (Lipinski definition) is 4. The SMILES string of the molecule is Cc1ccc(-c2noc([C@@H]3CCCN(C(=O)c4ccccc4Br)C3)n2)cc1. The highest BCUT2D eigenvalue weighted by molar-refractivity contribution is 9.10. The van der Waals surface area contributed by atoms with Gasteiger partial charge < -0.3 is 9.42 Å². The largest absolute Gasteiger partial charge is 0.339 e. The number of carbonyl (C=O) groups excluding carboxylic acids is 1. The van der Waals surface area contributed by atoms with Crippen LogP contribution in [-0.4, -0.2) is 34.0 Å². The summed E-state index contributed by atoms with van der Waals surface area (Å²) in [6.45, 7) is 3.38. The molecular weight excluding hydrogens is 406 g/mol. The number of aromatic nitrogens is 2. The molecule has 4 rings (SSSR count). The Hall–Kier alpha value is -2.47. The molecule has 1 aromatic heterocycles. The maximum atomic E-state index is 12.9. The van der Waals surface area contributed by atoms with E-state index in [2.05, 4.69) is 26.1 Å². The van der Waals surface area contributed by atoms with E-state index in [0.29, 0.717) is 23.8 Å². The zero-order valence-electron chi connectivity index (χ0n) is 15.1. The van der Waals surface area contributed by atoms with Gasteiger partial charge in [-0.1, -0.05) is 47.1 Å². The van der Waals surface area contributed by atoms with E-state index >= 15 is 0 Å². The van der Waals surface area contributed by atoms with E-state index < -0.39 is 0 Å². The molecule has 1 atom stereocenters. The van der Waals surface area contributed by atoms with Crippen LogP contribution in [0.5, 0.6) is 0 Å². The smallest absolute Gasteiger partial charge is 0.255 e. The fourth-order valence-corrected chi connectivity index (χ4v) is 3.84. The molecule has 27 heavy (non-hydrogen) atoms. The lowest BCUT2D eigenvalue weighted by Crippen LogP contribution is -2.39. The summed E-state index contributed by atoms with van der Waals surface area (Å²) in [4.78, 5) is 19.4. The molecule has 0 radical (unpaired) electrons. The lowest BCUT2D eigenvalue weighted by atomic mass is 9.97. The van der Waals surface area contributed by atoms with Gasteiger partial charge in [0, 0.05) is 23.1 Å². The van der Waals surface area contributed by atoms with E-state index in [1.807, 2.05) is 60.4 Å². The molecular formula is C21H20BrN3O2. The molecule has 1 amide bonds. The minimum atomic E-state index is 0.0328. The maximum absolute atomic E-state index is 12.9. The summed E-state index contributed by atoms with van der Waals surface area (Å²) in [5.41, 5.74) is 2.81. The number of hydrogen-bond donors (Lipinski definition) is 0. The summed E-state index contributed by atoms with van der Waals surface area (Å²) >= 11 is 3.47. The lowest BCUT2D eigenvalue weighted by molar-refractivity contribution is 0.0694. The molecule has 1 aliphatic heterocycles. The third kappa shape index (κ3) is 3.81. The van der Waals surface area contributed by atoms with Crippen molar-refractivity contribution < 1.29 is 9.32 Å². The number of aryl methyl sites for hydroxylation is 1. The molecule has 0 spiro atoms. The van der Waals surface area contributed by atoms with E-state index in [0.717, 1.165) is 29.4 Å². The fraction of sp³-hybridized carbons (Fsp3) is 0.286. The van der Waals surface area contributed by atoms with Crippen molar-refractivity contribution in [2.24, 2.45) is 0 Å². The maximum Gasteiger partial charge on any atom is 0.255 e. The van der Waals surface area contributed by atoms with Crippen LogP contribution in [0.2, 0.25) is 0 Å². The minimum absolute atomic E-state index is 0.0328. The van der Waals surface area contributed by atoms with E-state index in [-0.39, 0.29) is 11.8 Å². The molecule has 0 N–H and O–H groups in total. The van der Waals surface area contributed by atoms with Crippen molar-refractivity contribution in [3.8, 4) is 11.4 Å². The van der Waals surface area contributed by atoms with Crippen LogP contribution in [0, 0.1) is 6.92 Å². The molecule has 0 saturated carbocycles. The Morgan fingerprint density at radius 1 is 1.19 bits per heavy atom. The Morgan fingerprint density at radius 2 is 1.96 bits per heavy atom. The first-order valence-electron chi connectivity index (χ1n) is 9.06. The first-order chi connectivity index (χ1) is 13.1. The summed E-state index contributed by atoms with van der Waals surface area (Å²) in [6, 6.07) is 15.6. The van der Waals surface area contributed by atoms with Gasteiger partial charge in [-0.2, -0.15) is 4.98 Å². The van der Waals surface area contributed by atoms with E-state index in [4.69, 9.17) is 4.52 Å². The van der Waals surface area contributed by atoms with E-state index in [9.17, 15) is 4.79 Å². The second kappa shape index (κ2) is 7.64. The number of nitrogens with zero attached hydrogens (tertiary/aromatic N) is 3. The predicted octanol–water partition coefficient (Wildman–Crippen LogP) is 4.83. The number of benzene rings is 2. The summed E-state index contributed by atoms with van der Waals surface area (Å²) in [6.07, 6.45) is 1.86. The van der Waals surface area contributed by atoms with Gasteiger partial charge in [0.15, 0.2) is 0 Å². The van der Waals surface area contributed by atoms with Gasteiger partial charge in [-0.15, -0.1) is 0 Å². The summed E-state index contributed by atoms with van der Waals surface area (Å²) in [7, 11) is 0. The molecule has 3 aromatic rings. The fourth-order valence-electron chi connectivity index (χ4n) is 3.39. The second-order valence-electron chi connectivity index (χ2n) is 6.89. The van der Waals surface area contributed by atoms with Crippen molar-refractivity contribution in [3.05, 3.63) is 70.0 Å². The third-order valence-corrected chi connectivity index (χ3v) is 5.61. The van der Waals surface area contributed by atoms with Crippen LogP contribution >= 0.6 is 15.9 Å². The molecule has 2 heterocycles. The van der Waals surface area contributed by atoms with Crippen molar-refractivity contribution >= 4 is 21.8 Å². The van der Waals surface area contributed by atoms with Gasteiger partial charge in [0.2, 0.25) is 11.7 Å². The van der Waals surface area contributed by atoms with Gasteiger partial charge in [0.1, 0.15) is 0 Å². The average Bonchev–Trinajstić information content (AvgIpc) is 3.19. The molecule has 2 aromatic carbocycles. The van der Waals surface area contributed by atoms with Crippen LogP contribution < -0.4 is 0 Å². The van der Waals surface area contributed by atoms with Gasteiger partial charge >= 0.3 is 0 Å². The summed E-state index contributed by atoms with van der Waals surface area (Å²) < 4.78 is 6.35. The molecule has 6 heteroatoms. The van der Waals surface area contributed by atoms with Crippen LogP contribution in [0.4, 0.5) is 0 Å². The highest BCUT2D eigenvalue weighted by Crippen LogP contribution is 2.29. The van der Waals surface area contributed by atoms with Crippen LogP contribution in [0.15, 0.2) is 57.5 Å². The molecule has 1 aliphatic rings. The number of piperidine rings is 1. The van der Waals surface area contributed by atoms with E-state index in [1.54, 1.807) is 0 Å². The van der Waals surface area contributed by atoms with Crippen molar-refractivity contribution in [3.63, 3.8) is 0 Å². The first kappa shape index (κ1) is 17.9. The van der Waals surface area contributed by atoms with Gasteiger partial charge in [0.25, 0.3) is 5.91 Å². The van der Waals surface area contributed by atoms with Crippen LogP contribution in [0.1, 0.15) is 40.6 Å². The van der Waals surface area contributed by atoms with Crippen molar-refractivity contribution in [2.45, 2.75) is 25.7 Å². The van der Waals surface area contributed by atoms with Crippen LogP contribution in [0.3, 0.4) is 0 Å². The molecule has 0 unspecified atom stereocenters. The number of carbonyl (C=O) groups is 1. The Balaban J connectivity index is 1.51.